The van der Waals surface area contributed by atoms with Crippen molar-refractivity contribution in [2.45, 2.75) is 12.8 Å². The van der Waals surface area contributed by atoms with Gasteiger partial charge in [-0.3, -0.25) is 5.10 Å². The van der Waals surface area contributed by atoms with Crippen molar-refractivity contribution >= 4 is 17.3 Å². The lowest BCUT2D eigenvalue weighted by atomic mass is 9.99. The number of hydrogen-bond donors (Lipinski definition) is 2. The molecule has 0 aliphatic carbocycles. The predicted octanol–water partition coefficient (Wildman–Crippen LogP) is 1.10. The van der Waals surface area contributed by atoms with E-state index in [1.165, 1.54) is 6.42 Å². The maximum absolute atomic E-state index is 5.74. The number of nitrogens with zero attached hydrogens (tertiary/aromatic N) is 4. The van der Waals surface area contributed by atoms with Gasteiger partial charge in [-0.15, -0.1) is 16.4 Å². The maximum atomic E-state index is 5.74. The van der Waals surface area contributed by atoms with Crippen LogP contribution in [0, 0.1) is 5.92 Å². The fourth-order valence-corrected chi connectivity index (χ4v) is 2.81. The Morgan fingerprint density at radius 1 is 1.56 bits per heavy atom. The van der Waals surface area contributed by atoms with Crippen LogP contribution in [-0.2, 0) is 0 Å². The molecule has 0 bridgehead atoms. The molecule has 1 aliphatic heterocycles. The summed E-state index contributed by atoms with van der Waals surface area (Å²) in [6.07, 6.45) is 2.36. The van der Waals surface area contributed by atoms with Crippen LogP contribution in [-0.4, -0.2) is 39.8 Å². The summed E-state index contributed by atoms with van der Waals surface area (Å²) in [5, 5.41) is 9.19. The molecule has 0 spiro atoms. The van der Waals surface area contributed by atoms with Gasteiger partial charge >= 0.3 is 0 Å². The van der Waals surface area contributed by atoms with Crippen molar-refractivity contribution in [2.24, 2.45) is 11.7 Å². The van der Waals surface area contributed by atoms with Crippen LogP contribution in [0.3, 0.4) is 0 Å². The second-order valence-electron chi connectivity index (χ2n) is 4.55. The minimum absolute atomic E-state index is 0.556. The molecule has 2 aromatic heterocycles. The van der Waals surface area contributed by atoms with Gasteiger partial charge in [0, 0.05) is 18.5 Å². The largest absolute Gasteiger partial charge is 0.339 e. The van der Waals surface area contributed by atoms with Crippen molar-refractivity contribution in [3.05, 3.63) is 10.9 Å². The first kappa shape index (κ1) is 11.6. The number of H-pyrrole nitrogens is 1. The van der Waals surface area contributed by atoms with Crippen LogP contribution in [0.2, 0.25) is 0 Å². The van der Waals surface area contributed by atoms with Gasteiger partial charge in [-0.1, -0.05) is 0 Å². The molecule has 0 aromatic carbocycles. The molecule has 0 radical (unpaired) electrons. The molecule has 1 fully saturated rings. The van der Waals surface area contributed by atoms with Gasteiger partial charge in [0.15, 0.2) is 5.82 Å². The van der Waals surface area contributed by atoms with Crippen LogP contribution in [0.25, 0.3) is 11.5 Å². The Hall–Kier alpha value is -1.47. The van der Waals surface area contributed by atoms with Gasteiger partial charge in [0.1, 0.15) is 5.69 Å². The SMILES string of the molecule is NCC1CCCN(c2n[nH]c(-c3cscn3)n2)C1. The van der Waals surface area contributed by atoms with E-state index in [0.717, 1.165) is 43.5 Å². The average molecular weight is 264 g/mol. The summed E-state index contributed by atoms with van der Waals surface area (Å²) >= 11 is 1.55. The summed E-state index contributed by atoms with van der Waals surface area (Å²) < 4.78 is 0. The number of nitrogens with two attached hydrogens (primary N) is 1. The average Bonchev–Trinajstić information content (AvgIpc) is 3.09. The summed E-state index contributed by atoms with van der Waals surface area (Å²) in [6, 6.07) is 0. The van der Waals surface area contributed by atoms with E-state index < -0.39 is 0 Å². The molecule has 1 atom stereocenters. The predicted molar refractivity (Wildman–Crippen MR) is 71.5 cm³/mol. The van der Waals surface area contributed by atoms with Gasteiger partial charge in [-0.05, 0) is 25.3 Å². The quantitative estimate of drug-likeness (QED) is 0.867. The Morgan fingerprint density at radius 2 is 2.50 bits per heavy atom. The van der Waals surface area contributed by atoms with Crippen molar-refractivity contribution in [3.8, 4) is 11.5 Å². The van der Waals surface area contributed by atoms with Crippen LogP contribution < -0.4 is 10.6 Å². The van der Waals surface area contributed by atoms with E-state index in [-0.39, 0.29) is 0 Å². The highest BCUT2D eigenvalue weighted by atomic mass is 32.1. The standard InChI is InChI=1S/C11H16N6S/c12-4-8-2-1-3-17(5-8)11-14-10(15-16-11)9-6-18-7-13-9/h6-8H,1-5,12H2,(H,14,15,16). The van der Waals surface area contributed by atoms with Crippen molar-refractivity contribution in [3.63, 3.8) is 0 Å². The Kier molecular flexibility index (Phi) is 3.24. The number of aromatic amines is 1. The van der Waals surface area contributed by atoms with Crippen LogP contribution in [0.4, 0.5) is 5.95 Å². The van der Waals surface area contributed by atoms with Gasteiger partial charge in [-0.25, -0.2) is 4.98 Å². The third-order valence-corrected chi connectivity index (χ3v) is 3.87. The summed E-state index contributed by atoms with van der Waals surface area (Å²) in [5.74, 6) is 2.05. The molecule has 1 saturated heterocycles. The molecule has 3 heterocycles. The van der Waals surface area contributed by atoms with E-state index in [4.69, 9.17) is 5.73 Å². The van der Waals surface area contributed by atoms with E-state index >= 15 is 0 Å². The van der Waals surface area contributed by atoms with Crippen molar-refractivity contribution in [1.29, 1.82) is 0 Å². The number of nitrogens with one attached hydrogen (secondary N) is 1. The van der Waals surface area contributed by atoms with Crippen LogP contribution in [0.5, 0.6) is 0 Å². The Morgan fingerprint density at radius 3 is 3.28 bits per heavy atom. The number of aromatic nitrogens is 4. The van der Waals surface area contributed by atoms with Crippen molar-refractivity contribution < 1.29 is 0 Å². The van der Waals surface area contributed by atoms with E-state index in [9.17, 15) is 0 Å². The van der Waals surface area contributed by atoms with Crippen LogP contribution in [0.1, 0.15) is 12.8 Å². The molecule has 3 rings (SSSR count). The molecule has 96 valence electrons. The molecule has 1 aliphatic rings. The first-order valence-corrected chi connectivity index (χ1v) is 7.07. The smallest absolute Gasteiger partial charge is 0.245 e. The normalized spacial score (nSPS) is 20.3. The van der Waals surface area contributed by atoms with Crippen molar-refractivity contribution in [1.82, 2.24) is 20.2 Å². The molecular formula is C11H16N6S. The van der Waals surface area contributed by atoms with Gasteiger partial charge in [0.05, 0.1) is 5.51 Å². The fourth-order valence-electron chi connectivity index (χ4n) is 2.28. The Balaban J connectivity index is 1.77. The highest BCUT2D eigenvalue weighted by molar-refractivity contribution is 7.07. The first-order valence-electron chi connectivity index (χ1n) is 6.13. The minimum atomic E-state index is 0.556. The summed E-state index contributed by atoms with van der Waals surface area (Å²) in [5.41, 5.74) is 8.39. The second kappa shape index (κ2) is 5.03. The first-order chi connectivity index (χ1) is 8.86. The third-order valence-electron chi connectivity index (χ3n) is 3.28. The monoisotopic (exact) mass is 264 g/mol. The van der Waals surface area contributed by atoms with Gasteiger partial charge in [0.25, 0.3) is 0 Å². The number of hydrogen-bond acceptors (Lipinski definition) is 6. The number of thiazole rings is 1. The van der Waals surface area contributed by atoms with E-state index in [0.29, 0.717) is 5.92 Å². The summed E-state index contributed by atoms with van der Waals surface area (Å²) in [4.78, 5) is 10.9. The zero-order valence-electron chi connectivity index (χ0n) is 10.0. The lowest BCUT2D eigenvalue weighted by molar-refractivity contribution is 0.420. The molecule has 2 aromatic rings. The van der Waals surface area contributed by atoms with Gasteiger partial charge < -0.3 is 10.6 Å². The fraction of sp³-hybridized carbons (Fsp3) is 0.545. The summed E-state index contributed by atoms with van der Waals surface area (Å²) in [7, 11) is 0. The number of anilines is 1. The zero-order valence-corrected chi connectivity index (χ0v) is 10.9. The molecule has 0 saturated carbocycles. The molecule has 7 heteroatoms. The van der Waals surface area contributed by atoms with Gasteiger partial charge in [0.2, 0.25) is 5.95 Å². The molecule has 0 amide bonds. The van der Waals surface area contributed by atoms with Crippen LogP contribution in [0.15, 0.2) is 10.9 Å². The topological polar surface area (TPSA) is 83.7 Å². The summed E-state index contributed by atoms with van der Waals surface area (Å²) in [6.45, 7) is 2.69. The molecule has 1 unspecified atom stereocenters. The number of rotatable bonds is 3. The molecule has 6 nitrogen and oxygen atoms in total. The molecular weight excluding hydrogens is 248 g/mol. The molecule has 3 N–H and O–H groups in total. The minimum Gasteiger partial charge on any atom is -0.339 e. The van der Waals surface area contributed by atoms with E-state index in [2.05, 4.69) is 25.1 Å². The highest BCUT2D eigenvalue weighted by Crippen LogP contribution is 2.22. The number of piperidine rings is 1. The second-order valence-corrected chi connectivity index (χ2v) is 5.27. The third kappa shape index (κ3) is 2.23. The highest BCUT2D eigenvalue weighted by Gasteiger charge is 2.22. The lowest BCUT2D eigenvalue weighted by Gasteiger charge is -2.31. The zero-order chi connectivity index (χ0) is 12.4. The van der Waals surface area contributed by atoms with Crippen LogP contribution >= 0.6 is 11.3 Å². The molecule has 18 heavy (non-hydrogen) atoms. The maximum Gasteiger partial charge on any atom is 0.245 e. The van der Waals surface area contributed by atoms with Gasteiger partial charge in [-0.2, -0.15) is 4.98 Å². The Labute approximate surface area is 109 Å². The lowest BCUT2D eigenvalue weighted by Crippen LogP contribution is -2.38. The Bertz CT molecular complexity index is 493. The van der Waals surface area contributed by atoms with Crippen molar-refractivity contribution in [2.75, 3.05) is 24.5 Å². The van der Waals surface area contributed by atoms with E-state index in [1.807, 2.05) is 5.38 Å². The van der Waals surface area contributed by atoms with E-state index in [1.54, 1.807) is 16.8 Å².